The molecule has 2 nitrogen and oxygen atoms in total. The molecule has 78 valence electrons. The van der Waals surface area contributed by atoms with E-state index in [2.05, 4.69) is 6.92 Å². The van der Waals surface area contributed by atoms with Gasteiger partial charge in [0.25, 0.3) is 0 Å². The smallest absolute Gasteiger partial charge is 0.105 e. The van der Waals surface area contributed by atoms with Crippen LogP contribution in [0.2, 0.25) is 0 Å². The highest BCUT2D eigenvalue weighted by atomic mass is 16.3. The topological polar surface area (TPSA) is 39.2 Å². The van der Waals surface area contributed by atoms with E-state index in [1.165, 1.54) is 19.3 Å². The minimum absolute atomic E-state index is 0.0316. The molecule has 0 amide bonds. The summed E-state index contributed by atoms with van der Waals surface area (Å²) in [6, 6.07) is 3.96. The van der Waals surface area contributed by atoms with Crippen LogP contribution in [0, 0.1) is 5.92 Å². The zero-order valence-electron chi connectivity index (χ0n) is 8.83. The minimum atomic E-state index is -0.0316. The number of hydrogen-bond acceptors (Lipinski definition) is 2. The molecule has 1 heterocycles. The first-order valence-corrected chi connectivity index (χ1v) is 5.52. The normalized spacial score (nSPS) is 33.1. The predicted octanol–water partition coefficient (Wildman–Crippen LogP) is 2.73. The first kappa shape index (κ1) is 9.78. The Kier molecular flexibility index (Phi) is 2.64. The van der Waals surface area contributed by atoms with E-state index in [1.54, 1.807) is 6.26 Å². The first-order valence-electron chi connectivity index (χ1n) is 5.52. The third-order valence-electron chi connectivity index (χ3n) is 3.59. The van der Waals surface area contributed by atoms with Gasteiger partial charge in [0.1, 0.15) is 5.76 Å². The van der Waals surface area contributed by atoms with Crippen LogP contribution in [0.5, 0.6) is 0 Å². The summed E-state index contributed by atoms with van der Waals surface area (Å²) in [6.07, 6.45) is 7.61. The van der Waals surface area contributed by atoms with Gasteiger partial charge in [0.05, 0.1) is 6.26 Å². The van der Waals surface area contributed by atoms with Crippen LogP contribution in [-0.2, 0) is 6.42 Å². The van der Waals surface area contributed by atoms with Crippen LogP contribution in [0.25, 0.3) is 0 Å². The van der Waals surface area contributed by atoms with Crippen LogP contribution in [0.1, 0.15) is 38.4 Å². The number of nitrogens with two attached hydrogens (primary N) is 1. The van der Waals surface area contributed by atoms with Crippen molar-refractivity contribution < 1.29 is 4.42 Å². The fourth-order valence-corrected chi connectivity index (χ4v) is 2.44. The quantitative estimate of drug-likeness (QED) is 0.784. The molecule has 2 atom stereocenters. The largest absolute Gasteiger partial charge is 0.469 e. The summed E-state index contributed by atoms with van der Waals surface area (Å²) in [5, 5.41) is 0. The third kappa shape index (κ3) is 1.85. The van der Waals surface area contributed by atoms with Crippen molar-refractivity contribution in [2.75, 3.05) is 0 Å². The van der Waals surface area contributed by atoms with Crippen molar-refractivity contribution in [3.05, 3.63) is 24.2 Å². The zero-order valence-corrected chi connectivity index (χ0v) is 8.83. The summed E-state index contributed by atoms with van der Waals surface area (Å²) in [5.74, 6) is 1.64. The number of rotatable bonds is 2. The Bertz CT molecular complexity index is 281. The zero-order chi connectivity index (χ0) is 10.0. The lowest BCUT2D eigenvalue weighted by atomic mass is 9.72. The van der Waals surface area contributed by atoms with Crippen molar-refractivity contribution in [1.29, 1.82) is 0 Å². The maximum Gasteiger partial charge on any atom is 0.105 e. The third-order valence-corrected chi connectivity index (χ3v) is 3.59. The highest BCUT2D eigenvalue weighted by Crippen LogP contribution is 2.34. The van der Waals surface area contributed by atoms with E-state index in [4.69, 9.17) is 10.2 Å². The van der Waals surface area contributed by atoms with Crippen molar-refractivity contribution in [3.63, 3.8) is 0 Å². The summed E-state index contributed by atoms with van der Waals surface area (Å²) < 4.78 is 5.37. The molecule has 2 unspecified atom stereocenters. The van der Waals surface area contributed by atoms with Crippen molar-refractivity contribution >= 4 is 0 Å². The maximum atomic E-state index is 6.43. The molecule has 0 bridgehead atoms. The molecule has 0 spiro atoms. The minimum Gasteiger partial charge on any atom is -0.469 e. The van der Waals surface area contributed by atoms with Crippen LogP contribution in [0.15, 0.2) is 22.8 Å². The molecule has 0 radical (unpaired) electrons. The van der Waals surface area contributed by atoms with Crippen LogP contribution in [-0.4, -0.2) is 5.54 Å². The fourth-order valence-electron chi connectivity index (χ4n) is 2.44. The second-order valence-corrected chi connectivity index (χ2v) is 4.64. The highest BCUT2D eigenvalue weighted by Gasteiger charge is 2.34. The number of furan rings is 1. The summed E-state index contributed by atoms with van der Waals surface area (Å²) in [5.41, 5.74) is 6.40. The van der Waals surface area contributed by atoms with Gasteiger partial charge in [-0.25, -0.2) is 0 Å². The van der Waals surface area contributed by atoms with E-state index in [9.17, 15) is 0 Å². The Labute approximate surface area is 85.5 Å². The van der Waals surface area contributed by atoms with Crippen molar-refractivity contribution in [1.82, 2.24) is 0 Å². The van der Waals surface area contributed by atoms with Crippen molar-refractivity contribution in [2.24, 2.45) is 11.7 Å². The van der Waals surface area contributed by atoms with Gasteiger partial charge in [0.15, 0.2) is 0 Å². The Morgan fingerprint density at radius 2 is 2.43 bits per heavy atom. The van der Waals surface area contributed by atoms with Crippen molar-refractivity contribution in [3.8, 4) is 0 Å². The van der Waals surface area contributed by atoms with Gasteiger partial charge in [-0.15, -0.1) is 0 Å². The van der Waals surface area contributed by atoms with Gasteiger partial charge >= 0.3 is 0 Å². The SMILES string of the molecule is CC1CCCCC1(N)Cc1ccco1. The van der Waals surface area contributed by atoms with Gasteiger partial charge in [-0.1, -0.05) is 19.8 Å². The first-order chi connectivity index (χ1) is 6.71. The molecule has 2 N–H and O–H groups in total. The van der Waals surface area contributed by atoms with E-state index >= 15 is 0 Å². The molecular formula is C12H19NO. The second kappa shape index (κ2) is 3.77. The summed E-state index contributed by atoms with van der Waals surface area (Å²) in [7, 11) is 0. The van der Waals surface area contributed by atoms with Gasteiger partial charge in [0.2, 0.25) is 0 Å². The van der Waals surface area contributed by atoms with E-state index < -0.39 is 0 Å². The Hall–Kier alpha value is -0.760. The Balaban J connectivity index is 2.07. The van der Waals surface area contributed by atoms with Gasteiger partial charge in [-0.2, -0.15) is 0 Å². The van der Waals surface area contributed by atoms with Gasteiger partial charge in [-0.05, 0) is 30.9 Å². The Morgan fingerprint density at radius 1 is 1.57 bits per heavy atom. The lowest BCUT2D eigenvalue weighted by Crippen LogP contribution is -2.49. The molecule has 1 fully saturated rings. The van der Waals surface area contributed by atoms with Crippen molar-refractivity contribution in [2.45, 2.75) is 44.6 Å². The van der Waals surface area contributed by atoms with Crippen LogP contribution >= 0.6 is 0 Å². The van der Waals surface area contributed by atoms with Gasteiger partial charge in [-0.3, -0.25) is 0 Å². The number of hydrogen-bond donors (Lipinski definition) is 1. The molecule has 1 saturated carbocycles. The second-order valence-electron chi connectivity index (χ2n) is 4.64. The predicted molar refractivity (Wildman–Crippen MR) is 57.0 cm³/mol. The van der Waals surface area contributed by atoms with Crippen LogP contribution in [0.3, 0.4) is 0 Å². The molecule has 2 heteroatoms. The molecule has 1 aliphatic rings. The molecule has 0 saturated heterocycles. The molecule has 2 rings (SSSR count). The molecule has 0 aliphatic heterocycles. The lowest BCUT2D eigenvalue weighted by molar-refractivity contribution is 0.194. The van der Waals surface area contributed by atoms with Crippen LogP contribution in [0.4, 0.5) is 0 Å². The maximum absolute atomic E-state index is 6.43. The van der Waals surface area contributed by atoms with E-state index in [1.807, 2.05) is 12.1 Å². The van der Waals surface area contributed by atoms with Gasteiger partial charge < -0.3 is 10.2 Å². The molecule has 1 aromatic rings. The average molecular weight is 193 g/mol. The molecule has 1 aromatic heterocycles. The fraction of sp³-hybridized carbons (Fsp3) is 0.667. The van der Waals surface area contributed by atoms with E-state index in [-0.39, 0.29) is 5.54 Å². The summed E-state index contributed by atoms with van der Waals surface area (Å²) in [4.78, 5) is 0. The molecule has 1 aliphatic carbocycles. The molecule has 14 heavy (non-hydrogen) atoms. The monoisotopic (exact) mass is 193 g/mol. The van der Waals surface area contributed by atoms with E-state index in [0.29, 0.717) is 5.92 Å². The summed E-state index contributed by atoms with van der Waals surface area (Å²) >= 11 is 0. The average Bonchev–Trinajstić information content (AvgIpc) is 2.63. The Morgan fingerprint density at radius 3 is 3.07 bits per heavy atom. The molecule has 0 aromatic carbocycles. The standard InChI is InChI=1S/C12H19NO/c1-10-5-2-3-7-12(10,13)9-11-6-4-8-14-11/h4,6,8,10H,2-3,5,7,9,13H2,1H3. The summed E-state index contributed by atoms with van der Waals surface area (Å²) in [6.45, 7) is 2.27. The van der Waals surface area contributed by atoms with E-state index in [0.717, 1.165) is 18.6 Å². The highest BCUT2D eigenvalue weighted by molar-refractivity contribution is 5.06. The van der Waals surface area contributed by atoms with Crippen LogP contribution < -0.4 is 5.73 Å². The van der Waals surface area contributed by atoms with Gasteiger partial charge in [0, 0.05) is 12.0 Å². The molecular weight excluding hydrogens is 174 g/mol. The lowest BCUT2D eigenvalue weighted by Gasteiger charge is -2.39.